The zero-order chi connectivity index (χ0) is 25.4. The molecule has 0 saturated carbocycles. The number of rotatable bonds is 27. The summed E-state index contributed by atoms with van der Waals surface area (Å²) in [6, 6.07) is 0. The Hall–Kier alpha value is 3.09. The first kappa shape index (κ1) is 43.5. The van der Waals surface area contributed by atoms with Crippen molar-refractivity contribution in [2.45, 2.75) is 154 Å². The maximum Gasteiger partial charge on any atom is 1.00 e. The van der Waals surface area contributed by atoms with E-state index in [1.54, 1.807) is 0 Å². The minimum atomic E-state index is -4.02. The number of unbranched alkanes of at least 4 members (excludes halogenated alkanes) is 23. The molecular weight excluding hydrogens is 551 g/mol. The first-order valence-electron chi connectivity index (χ1n) is 14.1. The molecule has 0 radical (unpaired) electrons. The third-order valence-electron chi connectivity index (χ3n) is 6.54. The van der Waals surface area contributed by atoms with E-state index in [1.807, 2.05) is 0 Å². The fourth-order valence-corrected chi connectivity index (χ4v) is 5.56. The van der Waals surface area contributed by atoms with E-state index in [4.69, 9.17) is 0 Å². The Balaban J connectivity index is -0.00000544. The van der Waals surface area contributed by atoms with Gasteiger partial charge >= 0.3 is 103 Å². The summed E-state index contributed by atoms with van der Waals surface area (Å²) in [6.45, 7) is 0. The maximum atomic E-state index is 10.5. The smallest absolute Gasteiger partial charge is 0.748 e. The van der Waals surface area contributed by atoms with Crippen LogP contribution in [0.15, 0.2) is 0 Å². The normalized spacial score (nSPS) is 11.7. The summed E-state index contributed by atoms with van der Waals surface area (Å²) >= 11 is 0. The third kappa shape index (κ3) is 41.6. The Morgan fingerprint density at radius 2 is 0.389 bits per heavy atom. The van der Waals surface area contributed by atoms with Crippen LogP contribution in [0, 0.1) is 0 Å². The summed E-state index contributed by atoms with van der Waals surface area (Å²) in [5.41, 5.74) is 0. The van der Waals surface area contributed by atoms with Gasteiger partial charge in [-0.1, -0.05) is 141 Å². The molecule has 0 aromatic carbocycles. The van der Waals surface area contributed by atoms with Crippen LogP contribution in [0.4, 0.5) is 0 Å². The van der Waals surface area contributed by atoms with Gasteiger partial charge in [0, 0.05) is 11.5 Å². The van der Waals surface area contributed by atoms with E-state index < -0.39 is 20.2 Å². The molecule has 0 aromatic rings. The first-order chi connectivity index (χ1) is 16.2. The van der Waals surface area contributed by atoms with Gasteiger partial charge in [-0.2, -0.15) is 0 Å². The fourth-order valence-electron chi connectivity index (χ4n) is 4.45. The molecule has 0 aliphatic heterocycles. The molecule has 0 N–H and O–H groups in total. The molecule has 206 valence electrons. The molecule has 0 atom stereocenters. The predicted molar refractivity (Wildman–Crippen MR) is 140 cm³/mol. The van der Waals surface area contributed by atoms with Gasteiger partial charge in [0.1, 0.15) is 0 Å². The molecule has 0 aromatic heterocycles. The molecule has 0 saturated heterocycles. The Labute approximate surface area is 309 Å². The van der Waals surface area contributed by atoms with Gasteiger partial charge in [0.05, 0.1) is 20.2 Å². The maximum absolute atomic E-state index is 10.5. The number of hydrogen-bond acceptors (Lipinski definition) is 6. The quantitative estimate of drug-likeness (QED) is 0.0799. The van der Waals surface area contributed by atoms with Crippen molar-refractivity contribution in [1.82, 2.24) is 0 Å². The van der Waals surface area contributed by atoms with Crippen molar-refractivity contribution in [3.05, 3.63) is 0 Å². The average Bonchev–Trinajstić information content (AvgIpc) is 2.74. The fraction of sp³-hybridized carbons (Fsp3) is 1.00. The summed E-state index contributed by atoms with van der Waals surface area (Å²) < 4.78 is 63.0. The van der Waals surface area contributed by atoms with Gasteiger partial charge in [-0.25, -0.2) is 16.8 Å². The molecule has 36 heavy (non-hydrogen) atoms. The molecule has 0 heterocycles. The zero-order valence-corrected chi connectivity index (χ0v) is 31.5. The second-order valence-corrected chi connectivity index (χ2v) is 13.1. The standard InChI is InChI=1S/C26H54O6S2.2K/c27-33(28,29)25-23-21-19-17-15-13-11-9-7-5-3-1-2-4-6-8-10-12-14-16-18-20-22-24-26-34(30,31)32;;/h1-26H2,(H,27,28,29)(H,30,31,32);;/q;2*+1/p-2. The molecular formula is C26H52K2O6S2. The van der Waals surface area contributed by atoms with Crippen molar-refractivity contribution in [3.8, 4) is 0 Å². The number of hydrogen-bond donors (Lipinski definition) is 0. The van der Waals surface area contributed by atoms with Crippen molar-refractivity contribution in [1.29, 1.82) is 0 Å². The average molecular weight is 603 g/mol. The van der Waals surface area contributed by atoms with Gasteiger partial charge in [0.15, 0.2) is 0 Å². The van der Waals surface area contributed by atoms with Crippen molar-refractivity contribution in [2.24, 2.45) is 0 Å². The van der Waals surface area contributed by atoms with Gasteiger partial charge in [-0.05, 0) is 12.8 Å². The van der Waals surface area contributed by atoms with Crippen LogP contribution in [-0.2, 0) is 20.2 Å². The SMILES string of the molecule is O=S(=O)([O-])CCCCCCCCCCCCCCCCCCCCCCCCCCS(=O)(=O)[O-].[K+].[K+]. The van der Waals surface area contributed by atoms with Crippen LogP contribution in [-0.4, -0.2) is 37.4 Å². The summed E-state index contributed by atoms with van der Waals surface area (Å²) in [5, 5.41) is 0. The minimum Gasteiger partial charge on any atom is -0.748 e. The van der Waals surface area contributed by atoms with Crippen LogP contribution in [0.5, 0.6) is 0 Å². The summed E-state index contributed by atoms with van der Waals surface area (Å²) in [7, 11) is -8.05. The predicted octanol–water partition coefficient (Wildman–Crippen LogP) is 1.45. The van der Waals surface area contributed by atoms with Crippen molar-refractivity contribution in [3.63, 3.8) is 0 Å². The second-order valence-electron chi connectivity index (χ2n) is 10.0. The van der Waals surface area contributed by atoms with Gasteiger partial charge in [0.25, 0.3) is 0 Å². The van der Waals surface area contributed by atoms with Crippen molar-refractivity contribution < 1.29 is 129 Å². The Morgan fingerprint density at radius 3 is 0.500 bits per heavy atom. The van der Waals surface area contributed by atoms with E-state index in [2.05, 4.69) is 0 Å². The van der Waals surface area contributed by atoms with Gasteiger partial charge < -0.3 is 9.11 Å². The second kappa shape index (κ2) is 31.0. The van der Waals surface area contributed by atoms with Crippen LogP contribution in [0.25, 0.3) is 0 Å². The molecule has 6 nitrogen and oxygen atoms in total. The van der Waals surface area contributed by atoms with Crippen LogP contribution in [0.1, 0.15) is 154 Å². The van der Waals surface area contributed by atoms with E-state index in [1.165, 1.54) is 103 Å². The van der Waals surface area contributed by atoms with Crippen LogP contribution < -0.4 is 103 Å². The molecule has 0 amide bonds. The molecule has 0 aliphatic carbocycles. The van der Waals surface area contributed by atoms with Crippen molar-refractivity contribution in [2.75, 3.05) is 11.5 Å². The molecule has 0 unspecified atom stereocenters. The molecule has 0 rings (SSSR count). The first-order valence-corrected chi connectivity index (χ1v) is 17.2. The van der Waals surface area contributed by atoms with E-state index in [0.29, 0.717) is 12.8 Å². The monoisotopic (exact) mass is 602 g/mol. The van der Waals surface area contributed by atoms with E-state index in [0.717, 1.165) is 38.5 Å². The van der Waals surface area contributed by atoms with Gasteiger partial charge in [0.2, 0.25) is 0 Å². The molecule has 10 heteroatoms. The molecule has 0 aliphatic rings. The minimum absolute atomic E-state index is 0. The van der Waals surface area contributed by atoms with Crippen LogP contribution in [0.2, 0.25) is 0 Å². The van der Waals surface area contributed by atoms with Crippen LogP contribution in [0.3, 0.4) is 0 Å². The van der Waals surface area contributed by atoms with Crippen LogP contribution >= 0.6 is 0 Å². The summed E-state index contributed by atoms with van der Waals surface area (Å²) in [4.78, 5) is 0. The Kier molecular flexibility index (Phi) is 37.5. The Bertz CT molecular complexity index is 587. The topological polar surface area (TPSA) is 114 Å². The molecule has 0 fully saturated rings. The van der Waals surface area contributed by atoms with Gasteiger partial charge in [-0.3, -0.25) is 0 Å². The van der Waals surface area contributed by atoms with E-state index in [9.17, 15) is 25.9 Å². The third-order valence-corrected chi connectivity index (χ3v) is 8.12. The van der Waals surface area contributed by atoms with Crippen molar-refractivity contribution >= 4 is 20.2 Å². The molecule has 0 spiro atoms. The summed E-state index contributed by atoms with van der Waals surface area (Å²) in [6.07, 6.45) is 28.3. The van der Waals surface area contributed by atoms with E-state index in [-0.39, 0.29) is 114 Å². The van der Waals surface area contributed by atoms with E-state index >= 15 is 0 Å². The Morgan fingerprint density at radius 1 is 0.278 bits per heavy atom. The zero-order valence-electron chi connectivity index (χ0n) is 23.7. The largest absolute Gasteiger partial charge is 1.00 e. The van der Waals surface area contributed by atoms with Gasteiger partial charge in [-0.15, -0.1) is 0 Å². The molecule has 0 bridgehead atoms. The summed E-state index contributed by atoms with van der Waals surface area (Å²) in [5.74, 6) is -0.415.